The fourth-order valence-electron chi connectivity index (χ4n) is 3.73. The molecule has 4 aromatic carbocycles. The van der Waals surface area contributed by atoms with E-state index in [1.54, 1.807) is 42.5 Å². The van der Waals surface area contributed by atoms with Crippen molar-refractivity contribution in [3.63, 3.8) is 0 Å². The van der Waals surface area contributed by atoms with E-state index < -0.39 is 0 Å². The van der Waals surface area contributed by atoms with E-state index in [0.29, 0.717) is 34.0 Å². The molecule has 174 valence electrons. The lowest BCUT2D eigenvalue weighted by Gasteiger charge is -2.06. The zero-order chi connectivity index (χ0) is 25.1. The molecule has 0 aliphatic carbocycles. The largest absolute Gasteiger partial charge is 0.338 e. The number of nitrogens with one attached hydrogen (secondary N) is 3. The van der Waals surface area contributed by atoms with Gasteiger partial charge in [-0.15, -0.1) is 0 Å². The molecule has 1 aromatic heterocycles. The first-order valence-electron chi connectivity index (χ1n) is 11.3. The first kappa shape index (κ1) is 22.6. The predicted molar refractivity (Wildman–Crippen MR) is 141 cm³/mol. The van der Waals surface area contributed by atoms with Gasteiger partial charge in [0.2, 0.25) is 0 Å². The maximum Gasteiger partial charge on any atom is 0.255 e. The Morgan fingerprint density at radius 1 is 0.778 bits per heavy atom. The molecule has 0 aliphatic heterocycles. The highest BCUT2D eigenvalue weighted by atomic mass is 16.2. The lowest BCUT2D eigenvalue weighted by atomic mass is 10.1. The van der Waals surface area contributed by atoms with Crippen LogP contribution in [0.3, 0.4) is 0 Å². The van der Waals surface area contributed by atoms with Gasteiger partial charge in [-0.05, 0) is 61.5 Å². The highest BCUT2D eigenvalue weighted by molar-refractivity contribution is 6.05. The number of hydrogen-bond acceptors (Lipinski definition) is 3. The molecule has 2 amide bonds. The summed E-state index contributed by atoms with van der Waals surface area (Å²) in [6, 6.07) is 26.8. The number of carbonyl (C=O) groups is 2. The molecule has 7 heteroatoms. The SMILES string of the molecule is [C-]#[N+]c1ccc(C(=O)Nc2ccc3nc(-c4ccc(NC(=O)c5ccc(C)cc5)cc4)[nH]c3c2)cc1. The molecule has 3 N–H and O–H groups in total. The number of nitrogens with zero attached hydrogens (tertiary/aromatic N) is 2. The maximum atomic E-state index is 12.5. The standard InChI is InChI=1S/C29H21N5O2/c1-18-3-5-20(6-4-18)28(35)31-23-13-7-19(8-14-23)27-33-25-16-15-24(17-26(25)34-27)32-29(36)21-9-11-22(30-2)12-10-21/h3-17H,1H3,(H,31,35)(H,32,36)(H,33,34). The Balaban J connectivity index is 1.29. The molecule has 0 aliphatic rings. The van der Waals surface area contributed by atoms with E-state index in [4.69, 9.17) is 6.57 Å². The van der Waals surface area contributed by atoms with Crippen molar-refractivity contribution in [2.45, 2.75) is 6.92 Å². The van der Waals surface area contributed by atoms with Crippen molar-refractivity contribution < 1.29 is 9.59 Å². The van der Waals surface area contributed by atoms with Crippen LogP contribution in [0.15, 0.2) is 91.0 Å². The molecular weight excluding hydrogens is 450 g/mol. The summed E-state index contributed by atoms with van der Waals surface area (Å²) in [5.41, 5.74) is 6.39. The van der Waals surface area contributed by atoms with Gasteiger partial charge in [0.25, 0.3) is 11.8 Å². The lowest BCUT2D eigenvalue weighted by Crippen LogP contribution is -2.11. The van der Waals surface area contributed by atoms with Gasteiger partial charge in [-0.3, -0.25) is 9.59 Å². The molecule has 0 fully saturated rings. The Morgan fingerprint density at radius 3 is 2.00 bits per heavy atom. The normalized spacial score (nSPS) is 10.6. The molecular formula is C29H21N5O2. The number of H-pyrrole nitrogens is 1. The topological polar surface area (TPSA) is 91.2 Å². The van der Waals surface area contributed by atoms with Crippen molar-refractivity contribution in [3.05, 3.63) is 119 Å². The molecule has 5 aromatic rings. The minimum absolute atomic E-state index is 0.164. The highest BCUT2D eigenvalue weighted by Gasteiger charge is 2.10. The van der Waals surface area contributed by atoms with Crippen molar-refractivity contribution >= 4 is 39.9 Å². The van der Waals surface area contributed by atoms with Gasteiger partial charge in [-0.2, -0.15) is 0 Å². The van der Waals surface area contributed by atoms with E-state index in [1.165, 1.54) is 0 Å². The van der Waals surface area contributed by atoms with Gasteiger partial charge in [0.1, 0.15) is 5.82 Å². The Hall–Kier alpha value is -5.22. The van der Waals surface area contributed by atoms with Crippen LogP contribution in [-0.4, -0.2) is 21.8 Å². The van der Waals surface area contributed by atoms with E-state index in [0.717, 1.165) is 22.2 Å². The molecule has 0 atom stereocenters. The number of benzene rings is 4. The second kappa shape index (κ2) is 9.57. The molecule has 36 heavy (non-hydrogen) atoms. The van der Waals surface area contributed by atoms with Crippen LogP contribution in [0.2, 0.25) is 0 Å². The number of anilines is 2. The smallest absolute Gasteiger partial charge is 0.255 e. The van der Waals surface area contributed by atoms with Crippen LogP contribution in [-0.2, 0) is 0 Å². The van der Waals surface area contributed by atoms with Crippen LogP contribution in [0.1, 0.15) is 26.3 Å². The van der Waals surface area contributed by atoms with Gasteiger partial charge in [-0.25, -0.2) is 9.83 Å². The number of aryl methyl sites for hydroxylation is 1. The predicted octanol–water partition coefficient (Wildman–Crippen LogP) is 6.59. The summed E-state index contributed by atoms with van der Waals surface area (Å²) in [7, 11) is 0. The zero-order valence-corrected chi connectivity index (χ0v) is 19.4. The average Bonchev–Trinajstić information content (AvgIpc) is 3.33. The van der Waals surface area contributed by atoms with E-state index in [9.17, 15) is 9.59 Å². The highest BCUT2D eigenvalue weighted by Crippen LogP contribution is 2.25. The van der Waals surface area contributed by atoms with E-state index in [1.807, 2.05) is 55.5 Å². The minimum Gasteiger partial charge on any atom is -0.338 e. The molecule has 0 radical (unpaired) electrons. The fourth-order valence-corrected chi connectivity index (χ4v) is 3.73. The first-order valence-corrected chi connectivity index (χ1v) is 11.3. The van der Waals surface area contributed by atoms with Gasteiger partial charge >= 0.3 is 0 Å². The number of rotatable bonds is 5. The molecule has 1 heterocycles. The van der Waals surface area contributed by atoms with Crippen molar-refractivity contribution in [2.75, 3.05) is 10.6 Å². The summed E-state index contributed by atoms with van der Waals surface area (Å²) in [4.78, 5) is 36.3. The molecule has 0 bridgehead atoms. The van der Waals surface area contributed by atoms with Crippen LogP contribution >= 0.6 is 0 Å². The molecule has 5 rings (SSSR count). The Kier molecular flexibility index (Phi) is 6.00. The average molecular weight is 472 g/mol. The molecule has 7 nitrogen and oxygen atoms in total. The number of aromatic amines is 1. The van der Waals surface area contributed by atoms with E-state index >= 15 is 0 Å². The summed E-state index contributed by atoms with van der Waals surface area (Å²) in [6.07, 6.45) is 0. The third-order valence-electron chi connectivity index (χ3n) is 5.73. The van der Waals surface area contributed by atoms with Crippen LogP contribution in [0.5, 0.6) is 0 Å². The van der Waals surface area contributed by atoms with E-state index in [2.05, 4.69) is 25.4 Å². The summed E-state index contributed by atoms with van der Waals surface area (Å²) in [5, 5.41) is 5.78. The lowest BCUT2D eigenvalue weighted by molar-refractivity contribution is 0.101. The number of carbonyl (C=O) groups excluding carboxylic acids is 2. The third-order valence-corrected chi connectivity index (χ3v) is 5.73. The second-order valence-electron chi connectivity index (χ2n) is 8.33. The van der Waals surface area contributed by atoms with Gasteiger partial charge in [-0.1, -0.05) is 42.0 Å². The van der Waals surface area contributed by atoms with Crippen molar-refractivity contribution in [2.24, 2.45) is 0 Å². The number of imidazole rings is 1. The summed E-state index contributed by atoms with van der Waals surface area (Å²) >= 11 is 0. The van der Waals surface area contributed by atoms with Gasteiger partial charge in [0, 0.05) is 28.1 Å². The fraction of sp³-hybridized carbons (Fsp3) is 0.0345. The van der Waals surface area contributed by atoms with Crippen LogP contribution in [0.4, 0.5) is 17.1 Å². The number of aromatic nitrogens is 2. The molecule has 0 saturated carbocycles. The van der Waals surface area contributed by atoms with Crippen molar-refractivity contribution in [3.8, 4) is 11.4 Å². The Labute approximate surface area is 207 Å². The van der Waals surface area contributed by atoms with Crippen molar-refractivity contribution in [1.29, 1.82) is 0 Å². The van der Waals surface area contributed by atoms with Crippen LogP contribution in [0, 0.1) is 13.5 Å². The zero-order valence-electron chi connectivity index (χ0n) is 19.4. The third kappa shape index (κ3) is 4.83. The Morgan fingerprint density at radius 2 is 1.36 bits per heavy atom. The first-order chi connectivity index (χ1) is 17.5. The molecule has 0 unspecified atom stereocenters. The van der Waals surface area contributed by atoms with Crippen molar-refractivity contribution in [1.82, 2.24) is 9.97 Å². The number of hydrogen-bond donors (Lipinski definition) is 3. The van der Waals surface area contributed by atoms with Gasteiger partial charge in [0.05, 0.1) is 17.6 Å². The number of amides is 2. The minimum atomic E-state index is -0.256. The number of fused-ring (bicyclic) bond motifs is 1. The van der Waals surface area contributed by atoms with Gasteiger partial charge in [0.15, 0.2) is 5.69 Å². The molecule has 0 saturated heterocycles. The van der Waals surface area contributed by atoms with Crippen LogP contribution in [0.25, 0.3) is 27.3 Å². The quantitative estimate of drug-likeness (QED) is 0.252. The monoisotopic (exact) mass is 471 g/mol. The maximum absolute atomic E-state index is 12.5. The molecule has 0 spiro atoms. The summed E-state index contributed by atoms with van der Waals surface area (Å²) in [5.74, 6) is 0.261. The summed E-state index contributed by atoms with van der Waals surface area (Å²) in [6.45, 7) is 9.00. The second-order valence-corrected chi connectivity index (χ2v) is 8.33. The van der Waals surface area contributed by atoms with E-state index in [-0.39, 0.29) is 11.8 Å². The Bertz CT molecular complexity index is 1610. The van der Waals surface area contributed by atoms with Gasteiger partial charge < -0.3 is 15.6 Å². The summed E-state index contributed by atoms with van der Waals surface area (Å²) < 4.78 is 0. The van der Waals surface area contributed by atoms with Crippen LogP contribution < -0.4 is 10.6 Å².